The molecule has 0 radical (unpaired) electrons. The van der Waals surface area contributed by atoms with Crippen molar-refractivity contribution < 1.29 is 19.1 Å². The maximum atomic E-state index is 11.9. The van der Waals surface area contributed by atoms with Crippen LogP contribution in [-0.4, -0.2) is 29.3 Å². The van der Waals surface area contributed by atoms with E-state index in [4.69, 9.17) is 14.7 Å². The number of anilines is 1. The van der Waals surface area contributed by atoms with Gasteiger partial charge < -0.3 is 9.47 Å². The van der Waals surface area contributed by atoms with Crippen molar-refractivity contribution in [1.82, 2.24) is 4.98 Å². The molecule has 1 amide bonds. The number of esters is 1. The molecule has 0 bridgehead atoms. The standard InChI is InChI=1S/C16H21N3O4/c1-6-22-14(20)8-11-7-12(10(2)18-13(11)9-17)19-15(21)23-16(3,4)5/h7H,6,8H2,1-5H3,(H,19,21). The second-order valence-corrected chi connectivity index (χ2v) is 5.85. The number of hydrogen-bond donors (Lipinski definition) is 1. The molecule has 0 unspecified atom stereocenters. The van der Waals surface area contributed by atoms with E-state index in [-0.39, 0.29) is 18.7 Å². The van der Waals surface area contributed by atoms with Crippen LogP contribution >= 0.6 is 0 Å². The van der Waals surface area contributed by atoms with Gasteiger partial charge in [0, 0.05) is 5.56 Å². The molecule has 0 aliphatic heterocycles. The van der Waals surface area contributed by atoms with Gasteiger partial charge in [0.1, 0.15) is 17.4 Å². The first-order valence-electron chi connectivity index (χ1n) is 7.22. The third kappa shape index (κ3) is 5.94. The fourth-order valence-electron chi connectivity index (χ4n) is 1.79. The SMILES string of the molecule is CCOC(=O)Cc1cc(NC(=O)OC(C)(C)C)c(C)nc1C#N. The minimum Gasteiger partial charge on any atom is -0.466 e. The van der Waals surface area contributed by atoms with E-state index in [0.717, 1.165) is 0 Å². The Hall–Kier alpha value is -2.62. The maximum absolute atomic E-state index is 11.9. The van der Waals surface area contributed by atoms with Gasteiger partial charge in [0.2, 0.25) is 0 Å². The minimum atomic E-state index is -0.633. The number of aromatic nitrogens is 1. The molecular weight excluding hydrogens is 298 g/mol. The Labute approximate surface area is 135 Å². The summed E-state index contributed by atoms with van der Waals surface area (Å²) in [6.45, 7) is 8.87. The van der Waals surface area contributed by atoms with Gasteiger partial charge in [-0.05, 0) is 40.7 Å². The lowest BCUT2D eigenvalue weighted by Gasteiger charge is -2.20. The van der Waals surface area contributed by atoms with E-state index in [9.17, 15) is 9.59 Å². The number of aryl methyl sites for hydroxylation is 1. The van der Waals surface area contributed by atoms with Gasteiger partial charge in [-0.25, -0.2) is 9.78 Å². The summed E-state index contributed by atoms with van der Waals surface area (Å²) in [5.41, 5.74) is 0.733. The molecule has 7 heteroatoms. The second kappa shape index (κ2) is 7.58. The molecule has 0 aromatic carbocycles. The van der Waals surface area contributed by atoms with Crippen molar-refractivity contribution in [3.8, 4) is 6.07 Å². The number of carbonyl (C=O) groups is 2. The van der Waals surface area contributed by atoms with Gasteiger partial charge in [0.25, 0.3) is 0 Å². The number of nitriles is 1. The molecule has 0 spiro atoms. The fourth-order valence-corrected chi connectivity index (χ4v) is 1.79. The fraction of sp³-hybridized carbons (Fsp3) is 0.500. The van der Waals surface area contributed by atoms with Crippen LogP contribution in [-0.2, 0) is 20.7 Å². The summed E-state index contributed by atoms with van der Waals surface area (Å²) in [4.78, 5) is 27.6. The molecule has 7 nitrogen and oxygen atoms in total. The Kier molecular flexibility index (Phi) is 6.08. The molecule has 0 aliphatic rings. The molecule has 1 aromatic rings. The molecule has 1 heterocycles. The highest BCUT2D eigenvalue weighted by molar-refractivity contribution is 5.86. The van der Waals surface area contributed by atoms with Gasteiger partial charge in [-0.15, -0.1) is 0 Å². The molecular formula is C16H21N3O4. The Morgan fingerprint density at radius 3 is 2.57 bits per heavy atom. The first kappa shape index (κ1) is 18.4. The van der Waals surface area contributed by atoms with Gasteiger partial charge in [-0.2, -0.15) is 5.26 Å². The number of pyridine rings is 1. The number of nitrogens with zero attached hydrogens (tertiary/aromatic N) is 2. The third-order valence-corrected chi connectivity index (χ3v) is 2.67. The molecule has 0 saturated heterocycles. The summed E-state index contributed by atoms with van der Waals surface area (Å²) in [5.74, 6) is -0.460. The summed E-state index contributed by atoms with van der Waals surface area (Å²) in [6, 6.07) is 3.48. The molecule has 1 rings (SSSR count). The second-order valence-electron chi connectivity index (χ2n) is 5.85. The summed E-state index contributed by atoms with van der Waals surface area (Å²) < 4.78 is 10.1. The highest BCUT2D eigenvalue weighted by atomic mass is 16.6. The van der Waals surface area contributed by atoms with Crippen molar-refractivity contribution in [2.75, 3.05) is 11.9 Å². The van der Waals surface area contributed by atoms with Crippen molar-refractivity contribution in [1.29, 1.82) is 5.26 Å². The average Bonchev–Trinajstić information content (AvgIpc) is 2.40. The zero-order valence-corrected chi connectivity index (χ0v) is 14.0. The molecule has 0 saturated carbocycles. The predicted molar refractivity (Wildman–Crippen MR) is 83.9 cm³/mol. The van der Waals surface area contributed by atoms with Crippen molar-refractivity contribution in [2.24, 2.45) is 0 Å². The first-order chi connectivity index (χ1) is 10.7. The van der Waals surface area contributed by atoms with Gasteiger partial charge in [0.05, 0.1) is 24.4 Å². The summed E-state index contributed by atoms with van der Waals surface area (Å²) in [6.07, 6.45) is -0.721. The van der Waals surface area contributed by atoms with Crippen LogP contribution in [0.3, 0.4) is 0 Å². The summed E-state index contributed by atoms with van der Waals surface area (Å²) >= 11 is 0. The number of hydrogen-bond acceptors (Lipinski definition) is 6. The van der Waals surface area contributed by atoms with Crippen LogP contribution < -0.4 is 5.32 Å². The molecule has 1 aromatic heterocycles. The lowest BCUT2D eigenvalue weighted by molar-refractivity contribution is -0.142. The topological polar surface area (TPSA) is 101 Å². The van der Waals surface area contributed by atoms with Crippen LogP contribution in [0.1, 0.15) is 44.6 Å². The van der Waals surface area contributed by atoms with E-state index in [2.05, 4.69) is 10.3 Å². The van der Waals surface area contributed by atoms with Crippen molar-refractivity contribution in [3.05, 3.63) is 23.0 Å². The molecule has 124 valence electrons. The predicted octanol–water partition coefficient (Wildman–Crippen LogP) is 2.71. The lowest BCUT2D eigenvalue weighted by atomic mass is 10.1. The average molecular weight is 319 g/mol. The van der Waals surface area contributed by atoms with Crippen molar-refractivity contribution in [2.45, 2.75) is 46.6 Å². The molecule has 0 aliphatic carbocycles. The van der Waals surface area contributed by atoms with E-state index in [1.165, 1.54) is 0 Å². The van der Waals surface area contributed by atoms with Crippen molar-refractivity contribution in [3.63, 3.8) is 0 Å². The Balaban J connectivity index is 3.03. The van der Waals surface area contributed by atoms with Crippen LogP contribution in [0, 0.1) is 18.3 Å². The zero-order valence-electron chi connectivity index (χ0n) is 14.0. The number of carbonyl (C=O) groups excluding carboxylic acids is 2. The third-order valence-electron chi connectivity index (χ3n) is 2.67. The highest BCUT2D eigenvalue weighted by Crippen LogP contribution is 2.20. The number of nitrogens with one attached hydrogen (secondary N) is 1. The first-order valence-corrected chi connectivity index (χ1v) is 7.22. The Bertz CT molecular complexity index is 642. The van der Waals surface area contributed by atoms with Gasteiger partial charge in [-0.1, -0.05) is 0 Å². The van der Waals surface area contributed by atoms with Crippen LogP contribution in [0.2, 0.25) is 0 Å². The van der Waals surface area contributed by atoms with Gasteiger partial charge in [0.15, 0.2) is 0 Å². The van der Waals surface area contributed by atoms with E-state index in [1.807, 2.05) is 6.07 Å². The number of ether oxygens (including phenoxy) is 2. The molecule has 0 fully saturated rings. The molecule has 1 N–H and O–H groups in total. The van der Waals surface area contributed by atoms with Crippen molar-refractivity contribution >= 4 is 17.7 Å². The largest absolute Gasteiger partial charge is 0.466 e. The number of rotatable bonds is 4. The Morgan fingerprint density at radius 1 is 1.39 bits per heavy atom. The van der Waals surface area contributed by atoms with Crippen LogP contribution in [0.25, 0.3) is 0 Å². The highest BCUT2D eigenvalue weighted by Gasteiger charge is 2.19. The molecule has 0 atom stereocenters. The van der Waals surface area contributed by atoms with Crippen LogP contribution in [0.5, 0.6) is 0 Å². The normalized spacial score (nSPS) is 10.6. The molecule has 23 heavy (non-hydrogen) atoms. The van der Waals surface area contributed by atoms with Gasteiger partial charge >= 0.3 is 12.1 Å². The quantitative estimate of drug-likeness (QED) is 0.856. The van der Waals surface area contributed by atoms with E-state index < -0.39 is 17.7 Å². The summed E-state index contributed by atoms with van der Waals surface area (Å²) in [7, 11) is 0. The minimum absolute atomic E-state index is 0.0903. The van der Waals surface area contributed by atoms with Gasteiger partial charge in [-0.3, -0.25) is 10.1 Å². The lowest BCUT2D eigenvalue weighted by Crippen LogP contribution is -2.27. The smallest absolute Gasteiger partial charge is 0.412 e. The maximum Gasteiger partial charge on any atom is 0.412 e. The Morgan fingerprint density at radius 2 is 2.04 bits per heavy atom. The van der Waals surface area contributed by atoms with E-state index in [1.54, 1.807) is 40.7 Å². The van der Waals surface area contributed by atoms with Crippen LogP contribution in [0.15, 0.2) is 6.07 Å². The van der Waals surface area contributed by atoms with Crippen LogP contribution in [0.4, 0.5) is 10.5 Å². The summed E-state index contributed by atoms with van der Waals surface area (Å²) in [5, 5.41) is 11.7. The van der Waals surface area contributed by atoms with E-state index >= 15 is 0 Å². The number of amides is 1. The zero-order chi connectivity index (χ0) is 17.6. The van der Waals surface area contributed by atoms with E-state index in [0.29, 0.717) is 16.9 Å². The monoisotopic (exact) mass is 319 g/mol.